The van der Waals surface area contributed by atoms with Gasteiger partial charge in [-0.05, 0) is 44.4 Å². The van der Waals surface area contributed by atoms with Crippen LogP contribution in [-0.2, 0) is 10.0 Å². The van der Waals surface area contributed by atoms with E-state index in [-0.39, 0.29) is 28.6 Å². The van der Waals surface area contributed by atoms with Crippen LogP contribution in [0, 0.1) is 0 Å². The Morgan fingerprint density at radius 2 is 1.93 bits per heavy atom. The Bertz CT molecular complexity index is 743. The Kier molecular flexibility index (Phi) is 8.76. The highest BCUT2D eigenvalue weighted by Crippen LogP contribution is 2.27. The second-order valence-electron chi connectivity index (χ2n) is 7.69. The third-order valence-corrected chi connectivity index (χ3v) is 6.80. The SMILES string of the molecule is CCCCCCC(C)NC(=O)c1ccc(OC)c(S(=O)(=O)NC2CCCC2)c1. The molecule has 2 N–H and O–H groups in total. The molecule has 6 nitrogen and oxygen atoms in total. The highest BCUT2D eigenvalue weighted by Gasteiger charge is 2.26. The van der Waals surface area contributed by atoms with Gasteiger partial charge in [-0.1, -0.05) is 45.4 Å². The van der Waals surface area contributed by atoms with Crippen molar-refractivity contribution < 1.29 is 17.9 Å². The van der Waals surface area contributed by atoms with Gasteiger partial charge < -0.3 is 10.1 Å². The van der Waals surface area contributed by atoms with Crippen molar-refractivity contribution in [2.45, 2.75) is 88.6 Å². The predicted molar refractivity (Wildman–Crippen MR) is 111 cm³/mol. The van der Waals surface area contributed by atoms with Crippen LogP contribution in [0.15, 0.2) is 23.1 Å². The van der Waals surface area contributed by atoms with E-state index in [1.54, 1.807) is 12.1 Å². The van der Waals surface area contributed by atoms with Crippen molar-refractivity contribution in [2.24, 2.45) is 0 Å². The van der Waals surface area contributed by atoms with Gasteiger partial charge in [-0.25, -0.2) is 13.1 Å². The van der Waals surface area contributed by atoms with Gasteiger partial charge in [0.15, 0.2) is 0 Å². The number of hydrogen-bond acceptors (Lipinski definition) is 4. The molecule has 0 aromatic heterocycles. The van der Waals surface area contributed by atoms with E-state index in [4.69, 9.17) is 4.74 Å². The fourth-order valence-electron chi connectivity index (χ4n) is 3.61. The Morgan fingerprint density at radius 1 is 1.21 bits per heavy atom. The molecule has 1 fully saturated rings. The summed E-state index contributed by atoms with van der Waals surface area (Å²) in [5.41, 5.74) is 0.327. The van der Waals surface area contributed by atoms with Crippen molar-refractivity contribution in [3.8, 4) is 5.75 Å². The second kappa shape index (κ2) is 10.8. The van der Waals surface area contributed by atoms with E-state index in [2.05, 4.69) is 17.0 Å². The van der Waals surface area contributed by atoms with Gasteiger partial charge in [0.05, 0.1) is 7.11 Å². The van der Waals surface area contributed by atoms with Crippen LogP contribution in [0.25, 0.3) is 0 Å². The lowest BCUT2D eigenvalue weighted by Crippen LogP contribution is -2.34. The minimum atomic E-state index is -3.75. The van der Waals surface area contributed by atoms with Gasteiger partial charge in [-0.3, -0.25) is 4.79 Å². The maximum absolute atomic E-state index is 12.8. The summed E-state index contributed by atoms with van der Waals surface area (Å²) >= 11 is 0. The zero-order valence-corrected chi connectivity index (χ0v) is 18.1. The molecule has 1 aromatic rings. The molecule has 1 saturated carbocycles. The van der Waals surface area contributed by atoms with E-state index in [1.165, 1.54) is 26.0 Å². The van der Waals surface area contributed by atoms with E-state index in [0.717, 1.165) is 44.9 Å². The number of amides is 1. The predicted octanol–water partition coefficient (Wildman–Crippen LogP) is 4.00. The quantitative estimate of drug-likeness (QED) is 0.540. The molecule has 7 heteroatoms. The van der Waals surface area contributed by atoms with Crippen LogP contribution in [0.5, 0.6) is 5.75 Å². The number of carbonyl (C=O) groups excluding carboxylic acids is 1. The minimum absolute atomic E-state index is 0.0187. The number of benzene rings is 1. The summed E-state index contributed by atoms with van der Waals surface area (Å²) in [5.74, 6) is -0.0161. The summed E-state index contributed by atoms with van der Waals surface area (Å²) in [7, 11) is -2.31. The number of hydrogen-bond donors (Lipinski definition) is 2. The fraction of sp³-hybridized carbons (Fsp3) is 0.667. The first-order valence-corrected chi connectivity index (χ1v) is 11.9. The molecule has 1 aliphatic carbocycles. The molecule has 0 radical (unpaired) electrons. The monoisotopic (exact) mass is 410 g/mol. The molecule has 28 heavy (non-hydrogen) atoms. The molecule has 0 bridgehead atoms. The average molecular weight is 411 g/mol. The third-order valence-electron chi connectivity index (χ3n) is 5.26. The summed E-state index contributed by atoms with van der Waals surface area (Å²) in [5, 5.41) is 2.97. The Labute approximate surface area is 169 Å². The van der Waals surface area contributed by atoms with Gasteiger partial charge in [0, 0.05) is 17.6 Å². The standard InChI is InChI=1S/C21H34N2O4S/c1-4-5-6-7-10-16(2)22-21(24)17-13-14-19(27-3)20(15-17)28(25,26)23-18-11-8-9-12-18/h13-16,18,23H,4-12H2,1-3H3,(H,22,24). The van der Waals surface area contributed by atoms with Crippen LogP contribution >= 0.6 is 0 Å². The van der Waals surface area contributed by atoms with Crippen LogP contribution in [-0.4, -0.2) is 33.5 Å². The fourth-order valence-corrected chi connectivity index (χ4v) is 5.11. The topological polar surface area (TPSA) is 84.5 Å². The van der Waals surface area contributed by atoms with E-state index >= 15 is 0 Å². The minimum Gasteiger partial charge on any atom is -0.495 e. The first kappa shape index (κ1) is 22.7. The van der Waals surface area contributed by atoms with Gasteiger partial charge in [0.2, 0.25) is 10.0 Å². The second-order valence-corrected chi connectivity index (χ2v) is 9.37. The molecule has 1 aliphatic rings. The van der Waals surface area contributed by atoms with Crippen molar-refractivity contribution in [3.05, 3.63) is 23.8 Å². The molecule has 2 rings (SSSR count). The normalized spacial score (nSPS) is 16.1. The largest absolute Gasteiger partial charge is 0.495 e. The van der Waals surface area contributed by atoms with Gasteiger partial charge in [-0.2, -0.15) is 0 Å². The Balaban J connectivity index is 2.09. The molecule has 158 valence electrons. The summed E-state index contributed by atoms with van der Waals surface area (Å²) < 4.78 is 33.7. The summed E-state index contributed by atoms with van der Waals surface area (Å²) in [6.45, 7) is 4.15. The number of sulfonamides is 1. The number of ether oxygens (including phenoxy) is 1. The van der Waals surface area contributed by atoms with Crippen LogP contribution in [0.4, 0.5) is 0 Å². The number of methoxy groups -OCH3 is 1. The Hall–Kier alpha value is -1.60. The molecule has 0 saturated heterocycles. The van der Waals surface area contributed by atoms with Crippen LogP contribution in [0.1, 0.15) is 82.0 Å². The number of nitrogens with one attached hydrogen (secondary N) is 2. The number of unbranched alkanes of at least 4 members (excludes halogenated alkanes) is 3. The molecule has 1 amide bonds. The van der Waals surface area contributed by atoms with Gasteiger partial charge >= 0.3 is 0 Å². The zero-order valence-electron chi connectivity index (χ0n) is 17.3. The first-order chi connectivity index (χ1) is 13.4. The zero-order chi connectivity index (χ0) is 20.6. The van der Waals surface area contributed by atoms with E-state index in [9.17, 15) is 13.2 Å². The molecule has 0 heterocycles. The lowest BCUT2D eigenvalue weighted by atomic mass is 10.1. The van der Waals surface area contributed by atoms with Crippen molar-refractivity contribution in [1.29, 1.82) is 0 Å². The van der Waals surface area contributed by atoms with E-state index in [1.807, 2.05) is 6.92 Å². The highest BCUT2D eigenvalue weighted by molar-refractivity contribution is 7.89. The van der Waals surface area contributed by atoms with Crippen molar-refractivity contribution in [1.82, 2.24) is 10.0 Å². The van der Waals surface area contributed by atoms with Crippen LogP contribution < -0.4 is 14.8 Å². The van der Waals surface area contributed by atoms with Crippen molar-refractivity contribution in [3.63, 3.8) is 0 Å². The maximum Gasteiger partial charge on any atom is 0.251 e. The van der Waals surface area contributed by atoms with Crippen molar-refractivity contribution in [2.75, 3.05) is 7.11 Å². The molecule has 1 aromatic carbocycles. The lowest BCUT2D eigenvalue weighted by molar-refractivity contribution is 0.0937. The molecule has 1 unspecified atom stereocenters. The molecule has 1 atom stereocenters. The lowest BCUT2D eigenvalue weighted by Gasteiger charge is -2.17. The van der Waals surface area contributed by atoms with E-state index in [0.29, 0.717) is 5.56 Å². The summed E-state index contributed by atoms with van der Waals surface area (Å²) in [4.78, 5) is 12.6. The van der Waals surface area contributed by atoms with Crippen LogP contribution in [0.2, 0.25) is 0 Å². The number of carbonyl (C=O) groups is 1. The molecule has 0 spiro atoms. The summed E-state index contributed by atoms with van der Waals surface area (Å²) in [6, 6.07) is 4.56. The van der Waals surface area contributed by atoms with E-state index < -0.39 is 10.0 Å². The smallest absolute Gasteiger partial charge is 0.251 e. The van der Waals surface area contributed by atoms with Gasteiger partial charge in [0.25, 0.3) is 5.91 Å². The first-order valence-electron chi connectivity index (χ1n) is 10.4. The van der Waals surface area contributed by atoms with Gasteiger partial charge in [-0.15, -0.1) is 0 Å². The van der Waals surface area contributed by atoms with Crippen molar-refractivity contribution >= 4 is 15.9 Å². The Morgan fingerprint density at radius 3 is 2.57 bits per heavy atom. The maximum atomic E-state index is 12.8. The number of rotatable bonds is 11. The molecular formula is C21H34N2O4S. The van der Waals surface area contributed by atoms with Gasteiger partial charge in [0.1, 0.15) is 10.6 Å². The highest BCUT2D eigenvalue weighted by atomic mass is 32.2. The average Bonchev–Trinajstić information content (AvgIpc) is 3.17. The summed E-state index contributed by atoms with van der Waals surface area (Å²) in [6.07, 6.45) is 9.28. The van der Waals surface area contributed by atoms with Crippen LogP contribution in [0.3, 0.4) is 0 Å². The molecule has 0 aliphatic heterocycles. The molecular weight excluding hydrogens is 376 g/mol. The third kappa shape index (κ3) is 6.48.